The second-order valence-electron chi connectivity index (χ2n) is 14.2. The summed E-state index contributed by atoms with van der Waals surface area (Å²) in [4.78, 5) is 61.3. The zero-order chi connectivity index (χ0) is 35.5. The van der Waals surface area contributed by atoms with Crippen molar-refractivity contribution in [3.05, 3.63) is 60.4 Å². The first-order chi connectivity index (χ1) is 24.8. The number of hydrogen-bond donors (Lipinski definition) is 2. The Balaban J connectivity index is 1.20. The van der Waals surface area contributed by atoms with E-state index in [2.05, 4.69) is 10.6 Å². The van der Waals surface area contributed by atoms with Gasteiger partial charge < -0.3 is 29.7 Å². The molecule has 1 aromatic heterocycles. The Morgan fingerprint density at radius 1 is 1.00 bits per heavy atom. The highest BCUT2D eigenvalue weighted by molar-refractivity contribution is 6.07. The van der Waals surface area contributed by atoms with Gasteiger partial charge in [0.1, 0.15) is 35.6 Å². The van der Waals surface area contributed by atoms with Crippen LogP contribution in [0.15, 0.2) is 54.6 Å². The number of aromatic nitrogens is 1. The van der Waals surface area contributed by atoms with E-state index in [1.54, 1.807) is 13.0 Å². The maximum atomic E-state index is 14.5. The van der Waals surface area contributed by atoms with Crippen molar-refractivity contribution in [2.24, 2.45) is 5.92 Å². The maximum Gasteiger partial charge on any atom is 0.408 e. The Morgan fingerprint density at radius 3 is 2.59 bits per heavy atom. The third-order valence-corrected chi connectivity index (χ3v) is 10.7. The predicted molar refractivity (Wildman–Crippen MR) is 187 cm³/mol. The van der Waals surface area contributed by atoms with Gasteiger partial charge in [-0.15, -0.1) is 0 Å². The van der Waals surface area contributed by atoms with Gasteiger partial charge in [0.05, 0.1) is 18.7 Å². The van der Waals surface area contributed by atoms with Crippen LogP contribution >= 0.6 is 0 Å². The van der Waals surface area contributed by atoms with Gasteiger partial charge >= 0.3 is 12.1 Å². The number of carbonyl (C=O) groups is 4. The van der Waals surface area contributed by atoms with E-state index in [4.69, 9.17) is 19.2 Å². The van der Waals surface area contributed by atoms with Crippen LogP contribution in [-0.2, 0) is 23.9 Å². The zero-order valence-corrected chi connectivity index (χ0v) is 28.9. The number of rotatable bonds is 6. The summed E-state index contributed by atoms with van der Waals surface area (Å²) in [6.07, 6.45) is 10.2. The third kappa shape index (κ3) is 7.36. The molecule has 51 heavy (non-hydrogen) atoms. The molecule has 2 aromatic carbocycles. The second kappa shape index (κ2) is 14.9. The number of hydrogen-bond acceptors (Lipinski definition) is 8. The number of pyridine rings is 1. The molecule has 270 valence electrons. The van der Waals surface area contributed by atoms with E-state index < -0.39 is 47.6 Å². The van der Waals surface area contributed by atoms with E-state index in [0.717, 1.165) is 50.3 Å². The van der Waals surface area contributed by atoms with Crippen molar-refractivity contribution in [1.29, 1.82) is 0 Å². The number of amides is 3. The van der Waals surface area contributed by atoms with E-state index in [9.17, 15) is 23.6 Å². The molecule has 2 aliphatic carbocycles. The molecule has 2 N–H and O–H groups in total. The number of benzene rings is 2. The lowest BCUT2D eigenvalue weighted by Crippen LogP contribution is -2.56. The molecule has 4 aliphatic rings. The van der Waals surface area contributed by atoms with Gasteiger partial charge in [0.2, 0.25) is 17.7 Å². The van der Waals surface area contributed by atoms with Crippen LogP contribution in [0.25, 0.3) is 21.7 Å². The Labute approximate surface area is 296 Å². The Kier molecular flexibility index (Phi) is 10.1. The summed E-state index contributed by atoms with van der Waals surface area (Å²) >= 11 is 0. The van der Waals surface area contributed by atoms with Gasteiger partial charge in [-0.25, -0.2) is 19.0 Å². The van der Waals surface area contributed by atoms with Gasteiger partial charge in [-0.05, 0) is 87.9 Å². The second-order valence-corrected chi connectivity index (χ2v) is 14.2. The molecule has 3 aromatic rings. The van der Waals surface area contributed by atoms with Crippen molar-refractivity contribution in [2.45, 2.75) is 107 Å². The molecular formula is C39H45FN4O7. The molecule has 0 radical (unpaired) electrons. The van der Waals surface area contributed by atoms with E-state index in [0.29, 0.717) is 41.4 Å². The van der Waals surface area contributed by atoms with Crippen molar-refractivity contribution < 1.29 is 37.8 Å². The van der Waals surface area contributed by atoms with Crippen molar-refractivity contribution in [1.82, 2.24) is 20.5 Å². The molecule has 1 saturated heterocycles. The number of halogens is 1. The molecule has 2 aliphatic heterocycles. The highest BCUT2D eigenvalue weighted by Gasteiger charge is 2.62. The predicted octanol–water partition coefficient (Wildman–Crippen LogP) is 5.87. The number of nitrogens with zero attached hydrogens (tertiary/aromatic N) is 2. The minimum Gasteiger partial charge on any atom is -0.472 e. The van der Waals surface area contributed by atoms with Gasteiger partial charge in [0, 0.05) is 23.1 Å². The standard InChI is InChI=1S/C39H45FN4O7/c1-2-49-37(47)39-22-24(39)12-6-4-3-5-7-17-32(42-38(48)51-26-13-8-9-14-26)36(46)44-23-27(21-33(44)34(45)43-39)50-35-29-16-11-10-15-28(29)30-20-25(40)18-19-31(30)41-35/h6,10-12,15-16,18-20,24,26-27,32-33H,2-5,7-9,13-14,17,21-23H2,1H3,(H,42,48)(H,43,45)/b12-6-/t24-,27-,32+,33+,39-/m1/s1. The SMILES string of the molecule is CCOC(=O)[C@@]12C[C@H]1/C=C\CCCCC[C@H](NC(=O)OC1CCCC1)C(=O)N1C[C@H](Oc3nc4ccc(F)cc4c4ccccc34)C[C@H]1C(=O)N2. The number of alkyl carbamates (subject to hydrolysis) is 1. The van der Waals surface area contributed by atoms with Crippen LogP contribution < -0.4 is 15.4 Å². The first-order valence-electron chi connectivity index (χ1n) is 18.3. The summed E-state index contributed by atoms with van der Waals surface area (Å²) in [5, 5.41) is 7.88. The number of nitrogens with one attached hydrogen (secondary N) is 2. The lowest BCUT2D eigenvalue weighted by Gasteiger charge is -2.29. The highest BCUT2D eigenvalue weighted by atomic mass is 19.1. The normalized spacial score (nSPS) is 27.8. The summed E-state index contributed by atoms with van der Waals surface area (Å²) in [7, 11) is 0. The van der Waals surface area contributed by atoms with E-state index >= 15 is 0 Å². The highest BCUT2D eigenvalue weighted by Crippen LogP contribution is 2.46. The van der Waals surface area contributed by atoms with E-state index in [1.807, 2.05) is 36.4 Å². The summed E-state index contributed by atoms with van der Waals surface area (Å²) in [5.41, 5.74) is -0.674. The minimum absolute atomic E-state index is 0.0416. The first-order valence-corrected chi connectivity index (χ1v) is 18.3. The molecule has 11 nitrogen and oxygen atoms in total. The van der Waals surface area contributed by atoms with Crippen LogP contribution in [0.2, 0.25) is 0 Å². The van der Waals surface area contributed by atoms with Crippen molar-refractivity contribution in [2.75, 3.05) is 13.2 Å². The number of allylic oxidation sites excluding steroid dienone is 1. The fourth-order valence-electron chi connectivity index (χ4n) is 7.87. The minimum atomic E-state index is -1.22. The smallest absolute Gasteiger partial charge is 0.408 e. The summed E-state index contributed by atoms with van der Waals surface area (Å²) < 4.78 is 31.8. The zero-order valence-electron chi connectivity index (χ0n) is 28.9. The summed E-state index contributed by atoms with van der Waals surface area (Å²) in [5.74, 6) is -1.71. The van der Waals surface area contributed by atoms with Crippen LogP contribution in [0.1, 0.15) is 77.6 Å². The quantitative estimate of drug-likeness (QED) is 0.185. The molecule has 2 saturated carbocycles. The van der Waals surface area contributed by atoms with Gasteiger partial charge in [-0.2, -0.15) is 0 Å². The van der Waals surface area contributed by atoms with Crippen LogP contribution in [0, 0.1) is 11.7 Å². The molecule has 3 heterocycles. The summed E-state index contributed by atoms with van der Waals surface area (Å²) in [6.45, 7) is 1.93. The van der Waals surface area contributed by atoms with E-state index in [-0.39, 0.29) is 37.4 Å². The molecule has 0 unspecified atom stereocenters. The molecule has 0 spiro atoms. The van der Waals surface area contributed by atoms with E-state index in [1.165, 1.54) is 17.0 Å². The van der Waals surface area contributed by atoms with Crippen LogP contribution in [0.4, 0.5) is 9.18 Å². The Bertz CT molecular complexity index is 1840. The molecule has 3 amide bonds. The first kappa shape index (κ1) is 34.7. The monoisotopic (exact) mass is 700 g/mol. The van der Waals surface area contributed by atoms with Crippen molar-refractivity contribution in [3.8, 4) is 5.88 Å². The van der Waals surface area contributed by atoms with Crippen LogP contribution in [-0.4, -0.2) is 76.7 Å². The van der Waals surface area contributed by atoms with Gasteiger partial charge in [-0.1, -0.05) is 43.2 Å². The van der Waals surface area contributed by atoms with Crippen LogP contribution in [0.3, 0.4) is 0 Å². The van der Waals surface area contributed by atoms with Crippen molar-refractivity contribution >= 4 is 45.6 Å². The van der Waals surface area contributed by atoms with Gasteiger partial charge in [0.25, 0.3) is 0 Å². The maximum absolute atomic E-state index is 14.5. The lowest BCUT2D eigenvalue weighted by atomic mass is 10.0. The van der Waals surface area contributed by atoms with Gasteiger partial charge in [-0.3, -0.25) is 9.59 Å². The molecule has 12 heteroatoms. The Hall–Kier alpha value is -4.74. The third-order valence-electron chi connectivity index (χ3n) is 10.7. The van der Waals surface area contributed by atoms with Crippen molar-refractivity contribution in [3.63, 3.8) is 0 Å². The number of fused-ring (bicyclic) bond motifs is 5. The summed E-state index contributed by atoms with van der Waals surface area (Å²) in [6, 6.07) is 9.86. The topological polar surface area (TPSA) is 136 Å². The molecule has 3 fully saturated rings. The molecule has 7 rings (SSSR count). The fourth-order valence-corrected chi connectivity index (χ4v) is 7.87. The average molecular weight is 701 g/mol. The van der Waals surface area contributed by atoms with Gasteiger partial charge in [0.15, 0.2) is 0 Å². The van der Waals surface area contributed by atoms with Crippen LogP contribution in [0.5, 0.6) is 5.88 Å². The number of ether oxygens (including phenoxy) is 3. The fraction of sp³-hybridized carbons (Fsp3) is 0.513. The lowest BCUT2D eigenvalue weighted by molar-refractivity contribution is -0.150. The molecule has 5 atom stereocenters. The largest absolute Gasteiger partial charge is 0.472 e. The molecular weight excluding hydrogens is 655 g/mol. The number of esters is 1. The average Bonchev–Trinajstić information content (AvgIpc) is 3.40. The number of carbonyl (C=O) groups excluding carboxylic acids is 4. The Morgan fingerprint density at radius 2 is 1.78 bits per heavy atom. The molecule has 0 bridgehead atoms.